The molecule has 3 heterocycles. The normalized spacial score (nSPS) is 19.7. The van der Waals surface area contributed by atoms with Crippen LogP contribution >= 0.6 is 0 Å². The molecular weight excluding hydrogens is 390 g/mol. The molecule has 2 aliphatic heterocycles. The number of aromatic nitrogens is 1. The third kappa shape index (κ3) is 4.89. The van der Waals surface area contributed by atoms with Gasteiger partial charge in [-0.2, -0.15) is 0 Å². The number of hydrogen-bond donors (Lipinski definition) is 0. The topological polar surface area (TPSA) is 62.7 Å². The maximum atomic E-state index is 12.8. The Hall–Kier alpha value is -2.89. The van der Waals surface area contributed by atoms with Gasteiger partial charge in [-0.1, -0.05) is 12.1 Å². The molecule has 6 nitrogen and oxygen atoms in total. The van der Waals surface area contributed by atoms with Crippen molar-refractivity contribution in [1.82, 2.24) is 14.8 Å². The van der Waals surface area contributed by atoms with Crippen LogP contribution in [0.15, 0.2) is 36.4 Å². The van der Waals surface area contributed by atoms with Crippen molar-refractivity contribution >= 4 is 11.8 Å². The van der Waals surface area contributed by atoms with Gasteiger partial charge in [-0.15, -0.1) is 0 Å². The zero-order valence-corrected chi connectivity index (χ0v) is 18.6. The molecule has 1 aromatic heterocycles. The van der Waals surface area contributed by atoms with Gasteiger partial charge in [0.1, 0.15) is 5.75 Å². The van der Waals surface area contributed by atoms with E-state index in [1.165, 1.54) is 11.1 Å². The quantitative estimate of drug-likeness (QED) is 0.744. The van der Waals surface area contributed by atoms with Crippen LogP contribution < -0.4 is 4.74 Å². The second kappa shape index (κ2) is 9.08. The molecule has 0 unspecified atom stereocenters. The molecule has 6 heteroatoms. The molecule has 2 aliphatic rings. The van der Waals surface area contributed by atoms with Gasteiger partial charge >= 0.3 is 0 Å². The number of ether oxygens (including phenoxy) is 1. The first-order valence-corrected chi connectivity index (χ1v) is 11.1. The monoisotopic (exact) mass is 421 g/mol. The fourth-order valence-electron chi connectivity index (χ4n) is 4.78. The van der Waals surface area contributed by atoms with Gasteiger partial charge in [0.2, 0.25) is 11.8 Å². The maximum Gasteiger partial charge on any atom is 0.227 e. The molecule has 1 aromatic carbocycles. The standard InChI is InChI=1S/C25H31N3O3/c1-17-11-19(12-18-5-4-6-22(13-18)31-3)14-23(26-17)20-7-9-28(10-8-20)25(30)21-15-24(29)27(2)16-21/h4-6,11,13-14,20-21H,7-10,12,15-16H2,1-3H3/t21-/m0/s1. The summed E-state index contributed by atoms with van der Waals surface area (Å²) in [5, 5.41) is 0. The molecular formula is C25H31N3O3. The van der Waals surface area contributed by atoms with Crippen LogP contribution in [0.2, 0.25) is 0 Å². The third-order valence-corrected chi connectivity index (χ3v) is 6.49. The van der Waals surface area contributed by atoms with Crippen molar-refractivity contribution in [2.45, 2.75) is 38.5 Å². The van der Waals surface area contributed by atoms with Gasteiger partial charge in [-0.3, -0.25) is 14.6 Å². The first-order valence-electron chi connectivity index (χ1n) is 11.1. The van der Waals surface area contributed by atoms with Crippen LogP contribution in [0.4, 0.5) is 0 Å². The van der Waals surface area contributed by atoms with Gasteiger partial charge in [0.15, 0.2) is 0 Å². The summed E-state index contributed by atoms with van der Waals surface area (Å²) < 4.78 is 5.35. The molecule has 4 rings (SSSR count). The van der Waals surface area contributed by atoms with Crippen molar-refractivity contribution in [2.75, 3.05) is 33.8 Å². The van der Waals surface area contributed by atoms with E-state index < -0.39 is 0 Å². The molecule has 1 atom stereocenters. The van der Waals surface area contributed by atoms with E-state index in [-0.39, 0.29) is 17.7 Å². The van der Waals surface area contributed by atoms with Crippen molar-refractivity contribution in [3.8, 4) is 5.75 Å². The van der Waals surface area contributed by atoms with Gasteiger partial charge in [0.05, 0.1) is 13.0 Å². The molecule has 0 N–H and O–H groups in total. The van der Waals surface area contributed by atoms with Crippen molar-refractivity contribution in [3.63, 3.8) is 0 Å². The Labute approximate surface area is 184 Å². The summed E-state index contributed by atoms with van der Waals surface area (Å²) in [6.45, 7) is 4.06. The Kier molecular flexibility index (Phi) is 6.25. The zero-order chi connectivity index (χ0) is 22.0. The van der Waals surface area contributed by atoms with Crippen LogP contribution in [0.1, 0.15) is 47.7 Å². The molecule has 164 valence electrons. The van der Waals surface area contributed by atoms with E-state index in [0.717, 1.165) is 49.5 Å². The summed E-state index contributed by atoms with van der Waals surface area (Å²) in [4.78, 5) is 33.0. The average molecular weight is 422 g/mol. The second-order valence-electron chi connectivity index (χ2n) is 8.84. The number of piperidine rings is 1. The van der Waals surface area contributed by atoms with E-state index in [1.54, 1.807) is 19.1 Å². The molecule has 31 heavy (non-hydrogen) atoms. The highest BCUT2D eigenvalue weighted by Crippen LogP contribution is 2.30. The van der Waals surface area contributed by atoms with Gasteiger partial charge in [0, 0.05) is 50.4 Å². The summed E-state index contributed by atoms with van der Waals surface area (Å²) in [6, 6.07) is 12.5. The average Bonchev–Trinajstić information content (AvgIpc) is 3.11. The Bertz CT molecular complexity index is 966. The summed E-state index contributed by atoms with van der Waals surface area (Å²) in [5.74, 6) is 1.25. The molecule has 0 radical (unpaired) electrons. The fourth-order valence-corrected chi connectivity index (χ4v) is 4.78. The molecule has 2 aromatic rings. The number of nitrogens with zero attached hydrogens (tertiary/aromatic N) is 3. The number of likely N-dealkylation sites (tertiary alicyclic amines) is 2. The fraction of sp³-hybridized carbons (Fsp3) is 0.480. The highest BCUT2D eigenvalue weighted by molar-refractivity contribution is 5.89. The molecule has 0 saturated carbocycles. The van der Waals surface area contributed by atoms with Crippen LogP contribution in [-0.2, 0) is 16.0 Å². The second-order valence-corrected chi connectivity index (χ2v) is 8.84. The lowest BCUT2D eigenvalue weighted by molar-refractivity contribution is -0.136. The first-order chi connectivity index (χ1) is 14.9. The molecule has 2 fully saturated rings. The van der Waals surface area contributed by atoms with Gasteiger partial charge < -0.3 is 14.5 Å². The first kappa shape index (κ1) is 21.3. The van der Waals surface area contributed by atoms with Crippen LogP contribution in [0.3, 0.4) is 0 Å². The number of rotatable bonds is 5. The number of pyridine rings is 1. The number of carbonyl (C=O) groups is 2. The Balaban J connectivity index is 1.40. The van der Waals surface area contributed by atoms with E-state index in [4.69, 9.17) is 9.72 Å². The van der Waals surface area contributed by atoms with Crippen LogP contribution in [-0.4, -0.2) is 60.4 Å². The minimum Gasteiger partial charge on any atom is -0.497 e. The van der Waals surface area contributed by atoms with Crippen LogP contribution in [0.25, 0.3) is 0 Å². The predicted molar refractivity (Wildman–Crippen MR) is 119 cm³/mol. The van der Waals surface area contributed by atoms with E-state index in [9.17, 15) is 9.59 Å². The van der Waals surface area contributed by atoms with Crippen molar-refractivity contribution < 1.29 is 14.3 Å². The molecule has 0 bridgehead atoms. The lowest BCUT2D eigenvalue weighted by Gasteiger charge is -2.33. The van der Waals surface area contributed by atoms with E-state index in [1.807, 2.05) is 24.0 Å². The van der Waals surface area contributed by atoms with E-state index in [2.05, 4.69) is 24.3 Å². The summed E-state index contributed by atoms with van der Waals surface area (Å²) in [6.07, 6.45) is 3.02. The van der Waals surface area contributed by atoms with Crippen molar-refractivity contribution in [2.24, 2.45) is 5.92 Å². The summed E-state index contributed by atoms with van der Waals surface area (Å²) >= 11 is 0. The minimum atomic E-state index is -0.180. The zero-order valence-electron chi connectivity index (χ0n) is 18.6. The smallest absolute Gasteiger partial charge is 0.227 e. The Morgan fingerprint density at radius 3 is 2.61 bits per heavy atom. The van der Waals surface area contributed by atoms with Crippen molar-refractivity contribution in [3.05, 3.63) is 58.9 Å². The van der Waals surface area contributed by atoms with Gasteiger partial charge in [-0.25, -0.2) is 0 Å². The minimum absolute atomic E-state index is 0.0702. The van der Waals surface area contributed by atoms with Crippen molar-refractivity contribution in [1.29, 1.82) is 0 Å². The number of amides is 2. The molecule has 0 spiro atoms. The number of methoxy groups -OCH3 is 1. The van der Waals surface area contributed by atoms with Gasteiger partial charge in [-0.05, 0) is 61.6 Å². The van der Waals surface area contributed by atoms with E-state index in [0.29, 0.717) is 18.9 Å². The predicted octanol–water partition coefficient (Wildman–Crippen LogP) is 3.17. The summed E-state index contributed by atoms with van der Waals surface area (Å²) in [7, 11) is 3.46. The van der Waals surface area contributed by atoms with Gasteiger partial charge in [0.25, 0.3) is 0 Å². The highest BCUT2D eigenvalue weighted by atomic mass is 16.5. The highest BCUT2D eigenvalue weighted by Gasteiger charge is 2.36. The maximum absolute atomic E-state index is 12.8. The SMILES string of the molecule is COc1cccc(Cc2cc(C)nc(C3CCN(C(=O)[C@H]4CC(=O)N(C)C4)CC3)c2)c1. The Morgan fingerprint density at radius 1 is 1.16 bits per heavy atom. The number of benzene rings is 1. The lowest BCUT2D eigenvalue weighted by Crippen LogP contribution is -2.42. The largest absolute Gasteiger partial charge is 0.497 e. The third-order valence-electron chi connectivity index (χ3n) is 6.49. The lowest BCUT2D eigenvalue weighted by atomic mass is 9.90. The van der Waals surface area contributed by atoms with Crippen LogP contribution in [0.5, 0.6) is 5.75 Å². The number of hydrogen-bond acceptors (Lipinski definition) is 4. The molecule has 0 aliphatic carbocycles. The number of carbonyl (C=O) groups excluding carboxylic acids is 2. The van der Waals surface area contributed by atoms with Crippen LogP contribution in [0, 0.1) is 12.8 Å². The number of aryl methyl sites for hydroxylation is 1. The molecule has 2 amide bonds. The Morgan fingerprint density at radius 2 is 1.94 bits per heavy atom. The summed E-state index contributed by atoms with van der Waals surface area (Å²) in [5.41, 5.74) is 4.62. The molecule has 2 saturated heterocycles. The van der Waals surface area contributed by atoms with E-state index >= 15 is 0 Å².